The van der Waals surface area contributed by atoms with E-state index in [0.717, 1.165) is 10.9 Å². The van der Waals surface area contributed by atoms with Crippen molar-refractivity contribution >= 4 is 45.8 Å². The van der Waals surface area contributed by atoms with Crippen molar-refractivity contribution in [1.82, 2.24) is 10.3 Å². The van der Waals surface area contributed by atoms with Crippen LogP contribution in [0.15, 0.2) is 91.1 Å². The van der Waals surface area contributed by atoms with E-state index in [1.807, 2.05) is 79.7 Å². The van der Waals surface area contributed by atoms with Crippen molar-refractivity contribution < 1.29 is 14.4 Å². The lowest BCUT2D eigenvalue weighted by atomic mass is 10.1. The number of amides is 4. The lowest BCUT2D eigenvalue weighted by molar-refractivity contribution is -0.121. The van der Waals surface area contributed by atoms with Crippen LogP contribution in [-0.4, -0.2) is 43.0 Å². The normalized spacial score (nSPS) is 10.5. The number of urea groups is 1. The first-order valence-corrected chi connectivity index (χ1v) is 11.5. The third-order valence-electron chi connectivity index (χ3n) is 5.69. The maximum atomic E-state index is 13.4. The number of nitrogens with one attached hydrogen (secondary N) is 2. The van der Waals surface area contributed by atoms with Gasteiger partial charge in [0.05, 0.1) is 17.7 Å². The number of anilines is 3. The SMILES string of the molecule is Cc1cccc(NC(=O)NCC(=O)N(CC(=O)N(C)c2ccccc2)c2cccc3cccnc23)c1. The van der Waals surface area contributed by atoms with Crippen molar-refractivity contribution in [2.45, 2.75) is 6.92 Å². The van der Waals surface area contributed by atoms with E-state index in [2.05, 4.69) is 15.6 Å². The van der Waals surface area contributed by atoms with Crippen molar-refractivity contribution in [2.75, 3.05) is 35.3 Å². The summed E-state index contributed by atoms with van der Waals surface area (Å²) in [5.74, 6) is -0.728. The lowest BCUT2D eigenvalue weighted by Crippen LogP contribution is -2.46. The van der Waals surface area contributed by atoms with Crippen LogP contribution in [0.25, 0.3) is 10.9 Å². The van der Waals surface area contributed by atoms with Crippen LogP contribution in [0.2, 0.25) is 0 Å². The van der Waals surface area contributed by atoms with Crippen LogP contribution in [-0.2, 0) is 9.59 Å². The maximum Gasteiger partial charge on any atom is 0.319 e. The Morgan fingerprint density at radius 2 is 1.61 bits per heavy atom. The minimum absolute atomic E-state index is 0.221. The maximum absolute atomic E-state index is 13.4. The van der Waals surface area contributed by atoms with Gasteiger partial charge < -0.3 is 15.5 Å². The Labute approximate surface area is 209 Å². The molecule has 0 atom stereocenters. The molecule has 0 radical (unpaired) electrons. The van der Waals surface area contributed by atoms with Gasteiger partial charge in [-0.15, -0.1) is 0 Å². The molecular weight excluding hydrogens is 454 g/mol. The van der Waals surface area contributed by atoms with Gasteiger partial charge in [0.1, 0.15) is 6.54 Å². The van der Waals surface area contributed by atoms with E-state index in [0.29, 0.717) is 22.6 Å². The quantitative estimate of drug-likeness (QED) is 0.410. The smallest absolute Gasteiger partial charge is 0.319 e. The fraction of sp³-hybridized carbons (Fsp3) is 0.143. The van der Waals surface area contributed by atoms with Crippen molar-refractivity contribution in [3.63, 3.8) is 0 Å². The lowest BCUT2D eigenvalue weighted by Gasteiger charge is -2.26. The Bertz CT molecular complexity index is 1390. The predicted molar refractivity (Wildman–Crippen MR) is 142 cm³/mol. The standard InChI is InChI=1S/C28H27N5O3/c1-20-9-6-12-22(17-20)31-28(36)30-18-25(34)33(19-26(35)32(2)23-13-4-3-5-14-23)24-15-7-10-21-11-8-16-29-27(21)24/h3-17H,18-19H2,1-2H3,(H2,30,31,36). The number of aromatic nitrogens is 1. The molecule has 0 aliphatic heterocycles. The fourth-order valence-corrected chi connectivity index (χ4v) is 3.80. The molecule has 4 amide bonds. The molecule has 0 saturated heterocycles. The van der Waals surface area contributed by atoms with Gasteiger partial charge in [-0.3, -0.25) is 19.5 Å². The van der Waals surface area contributed by atoms with Gasteiger partial charge in [0, 0.05) is 30.0 Å². The summed E-state index contributed by atoms with van der Waals surface area (Å²) in [5, 5.41) is 6.15. The summed E-state index contributed by atoms with van der Waals surface area (Å²) < 4.78 is 0. The first-order chi connectivity index (χ1) is 17.4. The van der Waals surface area contributed by atoms with Crippen molar-refractivity contribution in [1.29, 1.82) is 0 Å². The first-order valence-electron chi connectivity index (χ1n) is 11.5. The van der Waals surface area contributed by atoms with Gasteiger partial charge in [-0.1, -0.05) is 48.5 Å². The van der Waals surface area contributed by atoms with Gasteiger partial charge >= 0.3 is 6.03 Å². The molecule has 4 aromatic rings. The average Bonchev–Trinajstić information content (AvgIpc) is 2.90. The zero-order valence-electron chi connectivity index (χ0n) is 20.1. The van der Waals surface area contributed by atoms with Crippen LogP contribution >= 0.6 is 0 Å². The average molecular weight is 482 g/mol. The molecule has 0 unspecified atom stereocenters. The van der Waals surface area contributed by atoms with Crippen LogP contribution in [0.1, 0.15) is 5.56 Å². The summed E-state index contributed by atoms with van der Waals surface area (Å²) in [6.07, 6.45) is 1.64. The minimum Gasteiger partial charge on any atom is -0.329 e. The Hall–Kier alpha value is -4.72. The van der Waals surface area contributed by atoms with Gasteiger partial charge in [0.2, 0.25) is 11.8 Å². The number of fused-ring (bicyclic) bond motifs is 1. The molecular formula is C28H27N5O3. The highest BCUT2D eigenvalue weighted by Gasteiger charge is 2.24. The number of hydrogen-bond acceptors (Lipinski definition) is 4. The van der Waals surface area contributed by atoms with E-state index in [9.17, 15) is 14.4 Å². The predicted octanol–water partition coefficient (Wildman–Crippen LogP) is 4.36. The number of nitrogens with zero attached hydrogens (tertiary/aromatic N) is 3. The Balaban J connectivity index is 1.55. The monoisotopic (exact) mass is 481 g/mol. The summed E-state index contributed by atoms with van der Waals surface area (Å²) in [5.41, 5.74) is 3.41. The van der Waals surface area contributed by atoms with Crippen molar-refractivity contribution in [2.24, 2.45) is 0 Å². The topological polar surface area (TPSA) is 94.6 Å². The Morgan fingerprint density at radius 1 is 0.861 bits per heavy atom. The summed E-state index contributed by atoms with van der Waals surface area (Å²) in [4.78, 5) is 46.3. The zero-order valence-corrected chi connectivity index (χ0v) is 20.1. The minimum atomic E-state index is -0.516. The molecule has 0 fully saturated rings. The van der Waals surface area contributed by atoms with E-state index in [4.69, 9.17) is 0 Å². The molecule has 8 nitrogen and oxygen atoms in total. The van der Waals surface area contributed by atoms with E-state index in [-0.39, 0.29) is 19.0 Å². The van der Waals surface area contributed by atoms with E-state index >= 15 is 0 Å². The molecule has 0 saturated carbocycles. The molecule has 8 heteroatoms. The third kappa shape index (κ3) is 5.85. The van der Waals surface area contributed by atoms with E-state index < -0.39 is 11.9 Å². The van der Waals surface area contributed by atoms with Crippen LogP contribution < -0.4 is 20.4 Å². The molecule has 0 aliphatic rings. The van der Waals surface area contributed by atoms with Crippen molar-refractivity contribution in [3.05, 3.63) is 96.7 Å². The highest BCUT2D eigenvalue weighted by atomic mass is 16.2. The molecule has 4 rings (SSSR count). The van der Waals surface area contributed by atoms with Gasteiger partial charge in [-0.2, -0.15) is 0 Å². The number of rotatable bonds is 7. The van der Waals surface area contributed by atoms with Crippen LogP contribution in [0.5, 0.6) is 0 Å². The van der Waals surface area contributed by atoms with Gasteiger partial charge in [0.15, 0.2) is 0 Å². The molecule has 1 aromatic heterocycles. The number of carbonyl (C=O) groups excluding carboxylic acids is 3. The number of benzene rings is 3. The van der Waals surface area contributed by atoms with Crippen molar-refractivity contribution in [3.8, 4) is 0 Å². The molecule has 182 valence electrons. The summed E-state index contributed by atoms with van der Waals surface area (Å²) in [6.45, 7) is 1.40. The second-order valence-corrected chi connectivity index (χ2v) is 8.30. The van der Waals surface area contributed by atoms with E-state index in [1.54, 1.807) is 25.4 Å². The summed E-state index contributed by atoms with van der Waals surface area (Å²) in [6, 6.07) is 25.2. The third-order valence-corrected chi connectivity index (χ3v) is 5.69. The van der Waals surface area contributed by atoms with E-state index in [1.165, 1.54) is 9.80 Å². The number of likely N-dealkylation sites (N-methyl/N-ethyl adjacent to an activating group) is 1. The van der Waals surface area contributed by atoms with Gasteiger partial charge in [0.25, 0.3) is 0 Å². The molecule has 0 aliphatic carbocycles. The molecule has 2 N–H and O–H groups in total. The second kappa shape index (κ2) is 11.1. The van der Waals surface area contributed by atoms with Crippen LogP contribution in [0.3, 0.4) is 0 Å². The number of para-hydroxylation sites is 2. The van der Waals surface area contributed by atoms with Gasteiger partial charge in [-0.05, 0) is 48.9 Å². The number of hydrogen-bond donors (Lipinski definition) is 2. The molecule has 3 aromatic carbocycles. The summed E-state index contributed by atoms with van der Waals surface area (Å²) in [7, 11) is 1.66. The second-order valence-electron chi connectivity index (χ2n) is 8.30. The van der Waals surface area contributed by atoms with Crippen LogP contribution in [0.4, 0.5) is 21.9 Å². The summed E-state index contributed by atoms with van der Waals surface area (Å²) >= 11 is 0. The highest BCUT2D eigenvalue weighted by Crippen LogP contribution is 2.25. The molecule has 0 bridgehead atoms. The van der Waals surface area contributed by atoms with Crippen LogP contribution in [0, 0.1) is 6.92 Å². The number of aryl methyl sites for hydroxylation is 1. The fourth-order valence-electron chi connectivity index (χ4n) is 3.80. The number of pyridine rings is 1. The molecule has 0 spiro atoms. The zero-order chi connectivity index (χ0) is 25.5. The highest BCUT2D eigenvalue weighted by molar-refractivity contribution is 6.08. The first kappa shape index (κ1) is 24.4. The largest absolute Gasteiger partial charge is 0.329 e. The van der Waals surface area contributed by atoms with Gasteiger partial charge in [-0.25, -0.2) is 4.79 Å². The Morgan fingerprint density at radius 3 is 2.39 bits per heavy atom. The number of carbonyl (C=O) groups is 3. The molecule has 1 heterocycles. The Kier molecular flexibility index (Phi) is 7.55. The molecule has 36 heavy (non-hydrogen) atoms.